The van der Waals surface area contributed by atoms with Crippen molar-refractivity contribution in [2.45, 2.75) is 32.5 Å². The van der Waals surface area contributed by atoms with Gasteiger partial charge in [-0.2, -0.15) is 0 Å². The first-order chi connectivity index (χ1) is 12.5. The number of pyridine rings is 1. The number of hydrogen-bond acceptors (Lipinski definition) is 8. The standard InChI is InChI=1S/C17H22N6O3/c1-12-9-22(10-13(2)26-12)17-15(23(24)25)16(20-11-21-17)19-7-5-14-4-3-6-18-8-14/h3-4,6,8,11-13H,5,7,9-10H2,1-2H3,(H,19,20,21). The largest absolute Gasteiger partial charge is 0.372 e. The number of rotatable bonds is 6. The molecule has 0 bridgehead atoms. The number of nitrogens with zero attached hydrogens (tertiary/aromatic N) is 5. The summed E-state index contributed by atoms with van der Waals surface area (Å²) in [6.45, 7) is 5.51. The molecular weight excluding hydrogens is 336 g/mol. The first-order valence-corrected chi connectivity index (χ1v) is 8.57. The summed E-state index contributed by atoms with van der Waals surface area (Å²) < 4.78 is 5.71. The Balaban J connectivity index is 1.78. The third-order valence-electron chi connectivity index (χ3n) is 4.13. The van der Waals surface area contributed by atoms with Crippen LogP contribution in [0.25, 0.3) is 0 Å². The van der Waals surface area contributed by atoms with Gasteiger partial charge in [0.1, 0.15) is 6.33 Å². The monoisotopic (exact) mass is 358 g/mol. The topological polar surface area (TPSA) is 106 Å². The average Bonchev–Trinajstić information content (AvgIpc) is 2.61. The number of anilines is 2. The maximum absolute atomic E-state index is 11.7. The smallest absolute Gasteiger partial charge is 0.353 e. The molecule has 0 aliphatic carbocycles. The van der Waals surface area contributed by atoms with Crippen LogP contribution in [0, 0.1) is 10.1 Å². The maximum Gasteiger partial charge on any atom is 0.353 e. The first kappa shape index (κ1) is 18.0. The zero-order valence-corrected chi connectivity index (χ0v) is 14.8. The van der Waals surface area contributed by atoms with Crippen LogP contribution < -0.4 is 10.2 Å². The Hall–Kier alpha value is -2.81. The summed E-state index contributed by atoms with van der Waals surface area (Å²) in [6.07, 6.45) is 5.50. The minimum Gasteiger partial charge on any atom is -0.372 e. The zero-order valence-electron chi connectivity index (χ0n) is 14.8. The summed E-state index contributed by atoms with van der Waals surface area (Å²) in [5.74, 6) is 0.562. The van der Waals surface area contributed by atoms with Gasteiger partial charge in [0.05, 0.1) is 17.1 Å². The van der Waals surface area contributed by atoms with Crippen LogP contribution in [0.3, 0.4) is 0 Å². The number of nitrogens with one attached hydrogen (secondary N) is 1. The summed E-state index contributed by atoms with van der Waals surface area (Å²) in [5.41, 5.74) is 0.952. The van der Waals surface area contributed by atoms with Gasteiger partial charge < -0.3 is 15.0 Å². The Labute approximate surface area is 151 Å². The molecule has 26 heavy (non-hydrogen) atoms. The molecule has 0 aromatic carbocycles. The fourth-order valence-electron chi connectivity index (χ4n) is 3.12. The van der Waals surface area contributed by atoms with E-state index in [1.807, 2.05) is 30.9 Å². The van der Waals surface area contributed by atoms with Gasteiger partial charge in [-0.1, -0.05) is 6.07 Å². The van der Waals surface area contributed by atoms with Crippen molar-refractivity contribution in [3.05, 3.63) is 46.5 Å². The summed E-state index contributed by atoms with van der Waals surface area (Å²) >= 11 is 0. The lowest BCUT2D eigenvalue weighted by molar-refractivity contribution is -0.383. The minimum absolute atomic E-state index is 0.0182. The second-order valence-corrected chi connectivity index (χ2v) is 6.35. The van der Waals surface area contributed by atoms with Crippen LogP contribution in [0.5, 0.6) is 0 Å². The third kappa shape index (κ3) is 4.23. The summed E-state index contributed by atoms with van der Waals surface area (Å²) in [5, 5.41) is 14.8. The van der Waals surface area contributed by atoms with E-state index in [0.717, 1.165) is 5.56 Å². The van der Waals surface area contributed by atoms with Crippen LogP contribution in [-0.2, 0) is 11.2 Å². The molecule has 0 saturated carbocycles. The van der Waals surface area contributed by atoms with Gasteiger partial charge in [0.25, 0.3) is 0 Å². The Morgan fingerprint density at radius 3 is 2.77 bits per heavy atom. The van der Waals surface area contributed by atoms with Crippen molar-refractivity contribution in [2.75, 3.05) is 29.9 Å². The molecule has 0 radical (unpaired) electrons. The second kappa shape index (κ2) is 8.05. The number of hydrogen-bond donors (Lipinski definition) is 1. The van der Waals surface area contributed by atoms with Gasteiger partial charge >= 0.3 is 5.69 Å². The molecule has 2 atom stereocenters. The molecule has 138 valence electrons. The molecule has 2 unspecified atom stereocenters. The Bertz CT molecular complexity index is 747. The van der Waals surface area contributed by atoms with E-state index in [2.05, 4.69) is 20.3 Å². The number of nitro groups is 1. The van der Waals surface area contributed by atoms with Gasteiger partial charge in [0.15, 0.2) is 0 Å². The SMILES string of the molecule is CC1CN(c2ncnc(NCCc3cccnc3)c2[N+](=O)[O-])CC(C)O1. The van der Waals surface area contributed by atoms with E-state index in [4.69, 9.17) is 4.74 Å². The highest BCUT2D eigenvalue weighted by atomic mass is 16.6. The van der Waals surface area contributed by atoms with E-state index in [9.17, 15) is 10.1 Å². The lowest BCUT2D eigenvalue weighted by atomic mass is 10.2. The highest BCUT2D eigenvalue weighted by molar-refractivity contribution is 5.70. The molecule has 1 aliphatic rings. The van der Waals surface area contributed by atoms with Gasteiger partial charge in [-0.25, -0.2) is 9.97 Å². The van der Waals surface area contributed by atoms with Gasteiger partial charge in [0, 0.05) is 32.0 Å². The highest BCUT2D eigenvalue weighted by Crippen LogP contribution is 2.33. The number of ether oxygens (including phenoxy) is 1. The van der Waals surface area contributed by atoms with Crippen molar-refractivity contribution in [3.8, 4) is 0 Å². The predicted octanol–water partition coefficient (Wildman–Crippen LogP) is 2.05. The second-order valence-electron chi connectivity index (χ2n) is 6.35. The van der Waals surface area contributed by atoms with Crippen LogP contribution in [-0.4, -0.2) is 51.7 Å². The molecule has 3 heterocycles. The van der Waals surface area contributed by atoms with Crippen LogP contribution in [0.4, 0.5) is 17.3 Å². The van der Waals surface area contributed by atoms with E-state index in [0.29, 0.717) is 31.9 Å². The summed E-state index contributed by atoms with van der Waals surface area (Å²) in [7, 11) is 0. The third-order valence-corrected chi connectivity index (χ3v) is 4.13. The average molecular weight is 358 g/mol. The number of aromatic nitrogens is 3. The van der Waals surface area contributed by atoms with Crippen molar-refractivity contribution >= 4 is 17.3 Å². The van der Waals surface area contributed by atoms with Crippen LogP contribution in [0.15, 0.2) is 30.9 Å². The Morgan fingerprint density at radius 2 is 2.12 bits per heavy atom. The van der Waals surface area contributed by atoms with Gasteiger partial charge in [0.2, 0.25) is 11.6 Å². The Morgan fingerprint density at radius 1 is 1.35 bits per heavy atom. The molecule has 1 saturated heterocycles. The van der Waals surface area contributed by atoms with Crippen molar-refractivity contribution in [2.24, 2.45) is 0 Å². The van der Waals surface area contributed by atoms with Crippen molar-refractivity contribution in [1.29, 1.82) is 0 Å². The fourth-order valence-corrected chi connectivity index (χ4v) is 3.12. The molecule has 1 fully saturated rings. The van der Waals surface area contributed by atoms with Crippen molar-refractivity contribution in [3.63, 3.8) is 0 Å². The minimum atomic E-state index is -0.424. The molecule has 1 N–H and O–H groups in total. The van der Waals surface area contributed by atoms with Crippen molar-refractivity contribution < 1.29 is 9.66 Å². The molecule has 2 aromatic heterocycles. The highest BCUT2D eigenvalue weighted by Gasteiger charge is 2.31. The lowest BCUT2D eigenvalue weighted by Crippen LogP contribution is -2.46. The molecular formula is C17H22N6O3. The maximum atomic E-state index is 11.7. The van der Waals surface area contributed by atoms with E-state index < -0.39 is 4.92 Å². The normalized spacial score (nSPS) is 20.0. The van der Waals surface area contributed by atoms with E-state index >= 15 is 0 Å². The van der Waals surface area contributed by atoms with Crippen LogP contribution >= 0.6 is 0 Å². The van der Waals surface area contributed by atoms with Crippen LogP contribution in [0.1, 0.15) is 19.4 Å². The lowest BCUT2D eigenvalue weighted by Gasteiger charge is -2.35. The quantitative estimate of drug-likeness (QED) is 0.618. The van der Waals surface area contributed by atoms with Gasteiger partial charge in [-0.3, -0.25) is 15.1 Å². The molecule has 3 rings (SSSR count). The zero-order chi connectivity index (χ0) is 18.5. The van der Waals surface area contributed by atoms with Crippen molar-refractivity contribution in [1.82, 2.24) is 15.0 Å². The van der Waals surface area contributed by atoms with Gasteiger partial charge in [-0.05, 0) is 31.9 Å². The Kier molecular flexibility index (Phi) is 5.57. The predicted molar refractivity (Wildman–Crippen MR) is 97.3 cm³/mol. The molecule has 9 nitrogen and oxygen atoms in total. The van der Waals surface area contributed by atoms with E-state index in [1.165, 1.54) is 6.33 Å². The van der Waals surface area contributed by atoms with Crippen LogP contribution in [0.2, 0.25) is 0 Å². The molecule has 0 amide bonds. The van der Waals surface area contributed by atoms with E-state index in [-0.39, 0.29) is 23.7 Å². The molecule has 0 spiro atoms. The molecule has 2 aromatic rings. The number of morpholine rings is 1. The molecule has 1 aliphatic heterocycles. The molecule has 9 heteroatoms. The first-order valence-electron chi connectivity index (χ1n) is 8.57. The summed E-state index contributed by atoms with van der Waals surface area (Å²) in [6, 6.07) is 3.83. The van der Waals surface area contributed by atoms with E-state index in [1.54, 1.807) is 12.4 Å². The van der Waals surface area contributed by atoms with Gasteiger partial charge in [-0.15, -0.1) is 0 Å². The summed E-state index contributed by atoms with van der Waals surface area (Å²) in [4.78, 5) is 25.5. The fraction of sp³-hybridized carbons (Fsp3) is 0.471.